The lowest BCUT2D eigenvalue weighted by Crippen LogP contribution is -2.68. The molecule has 32 heavy (non-hydrogen) atoms. The van der Waals surface area contributed by atoms with Gasteiger partial charge in [-0.1, -0.05) is 29.8 Å². The summed E-state index contributed by atoms with van der Waals surface area (Å²) in [6.07, 6.45) is 0.493. The Labute approximate surface area is 186 Å². The van der Waals surface area contributed by atoms with Crippen molar-refractivity contribution in [1.29, 1.82) is 0 Å². The molecule has 1 aromatic rings. The molecule has 1 N–H and O–H groups in total. The third kappa shape index (κ3) is 5.09. The third-order valence-corrected chi connectivity index (χ3v) is 6.93. The van der Waals surface area contributed by atoms with Crippen LogP contribution in [-0.4, -0.2) is 78.4 Å². The van der Waals surface area contributed by atoms with Crippen molar-refractivity contribution < 1.29 is 32.6 Å². The minimum atomic E-state index is -5.08. The van der Waals surface area contributed by atoms with Gasteiger partial charge in [-0.2, -0.15) is 13.2 Å². The normalized spacial score (nSPS) is 24.3. The largest absolute Gasteiger partial charge is 0.490 e. The van der Waals surface area contributed by atoms with Crippen LogP contribution in [0, 0.1) is 6.92 Å². The van der Waals surface area contributed by atoms with Crippen LogP contribution in [-0.2, 0) is 19.7 Å². The van der Waals surface area contributed by atoms with Crippen molar-refractivity contribution in [2.75, 3.05) is 39.9 Å². The second-order valence-corrected chi connectivity index (χ2v) is 9.04. The highest BCUT2D eigenvalue weighted by Crippen LogP contribution is 2.51. The topological polar surface area (TPSA) is 70.1 Å². The van der Waals surface area contributed by atoms with Crippen LogP contribution in [0.1, 0.15) is 43.2 Å². The summed E-state index contributed by atoms with van der Waals surface area (Å²) in [4.78, 5) is 27.0. The number of benzene rings is 1. The second-order valence-electron chi connectivity index (χ2n) is 9.04. The molecule has 1 atom stereocenters. The number of amides is 1. The predicted octanol–water partition coefficient (Wildman–Crippen LogP) is 3.37. The van der Waals surface area contributed by atoms with E-state index in [1.165, 1.54) is 24.0 Å². The molecule has 1 aromatic carbocycles. The Kier molecular flexibility index (Phi) is 7.19. The van der Waals surface area contributed by atoms with Crippen LogP contribution in [0.25, 0.3) is 0 Å². The molecule has 0 bridgehead atoms. The highest BCUT2D eigenvalue weighted by Gasteiger charge is 2.55. The van der Waals surface area contributed by atoms with E-state index in [0.717, 1.165) is 52.0 Å². The molecule has 0 aromatic heterocycles. The van der Waals surface area contributed by atoms with Gasteiger partial charge in [-0.3, -0.25) is 9.69 Å². The monoisotopic (exact) mass is 456 g/mol. The van der Waals surface area contributed by atoms with E-state index < -0.39 is 12.1 Å². The summed E-state index contributed by atoms with van der Waals surface area (Å²) in [5, 5.41) is 7.12. The Morgan fingerprint density at radius 2 is 1.72 bits per heavy atom. The molecule has 2 aliphatic heterocycles. The van der Waals surface area contributed by atoms with E-state index in [1.807, 2.05) is 0 Å². The van der Waals surface area contributed by atoms with Crippen molar-refractivity contribution in [3.8, 4) is 0 Å². The average molecular weight is 457 g/mol. The number of nitrogens with zero attached hydrogens (tertiary/aromatic N) is 2. The summed E-state index contributed by atoms with van der Waals surface area (Å²) in [5.41, 5.74) is 2.46. The zero-order chi connectivity index (χ0) is 23.6. The van der Waals surface area contributed by atoms with Gasteiger partial charge < -0.3 is 14.7 Å². The van der Waals surface area contributed by atoms with E-state index in [2.05, 4.69) is 41.0 Å². The molecule has 4 rings (SSSR count). The smallest absolute Gasteiger partial charge is 0.475 e. The molecule has 0 radical (unpaired) electrons. The number of carboxylic acids is 1. The maximum atomic E-state index is 13.4. The van der Waals surface area contributed by atoms with Crippen molar-refractivity contribution >= 4 is 11.9 Å². The first-order chi connectivity index (χ1) is 15.0. The molecule has 1 unspecified atom stereocenters. The van der Waals surface area contributed by atoms with Crippen LogP contribution in [0.4, 0.5) is 13.2 Å². The molecule has 2 saturated heterocycles. The van der Waals surface area contributed by atoms with Crippen LogP contribution >= 0.6 is 0 Å². The van der Waals surface area contributed by atoms with Gasteiger partial charge in [0.05, 0.1) is 12.0 Å². The van der Waals surface area contributed by atoms with Crippen molar-refractivity contribution in [2.24, 2.45) is 0 Å². The van der Waals surface area contributed by atoms with E-state index in [1.54, 1.807) is 7.11 Å². The molecule has 1 spiro atoms. The standard InChI is InChI=1S/C21H30N2O2.C2HF3O2/c1-17-4-6-18(7-5-17)21(9-10-21)19(24)22-12-3-8-20(16-22)11-13-23(20)14-15-25-2;3-2(4,5)1(6)7/h4-7H,3,8-16H2,1-2H3;(H,6,7). The molecular formula is C23H31F3N2O4. The van der Waals surface area contributed by atoms with Crippen LogP contribution < -0.4 is 0 Å². The molecule has 2 heterocycles. The minimum Gasteiger partial charge on any atom is -0.475 e. The molecule has 3 aliphatic rings. The summed E-state index contributed by atoms with van der Waals surface area (Å²) >= 11 is 0. The fourth-order valence-corrected chi connectivity index (χ4v) is 4.81. The average Bonchev–Trinajstić information content (AvgIpc) is 3.55. The van der Waals surface area contributed by atoms with Crippen LogP contribution in [0.3, 0.4) is 0 Å². The lowest BCUT2D eigenvalue weighted by molar-refractivity contribution is -0.192. The number of ether oxygens (including phenoxy) is 1. The maximum Gasteiger partial charge on any atom is 0.490 e. The van der Waals surface area contributed by atoms with Crippen molar-refractivity contribution in [2.45, 2.75) is 56.2 Å². The Bertz CT molecular complexity index is 824. The van der Waals surface area contributed by atoms with Gasteiger partial charge in [0.15, 0.2) is 0 Å². The number of carboxylic acid groups (broad SMARTS) is 1. The minimum absolute atomic E-state index is 0.218. The van der Waals surface area contributed by atoms with Gasteiger partial charge in [0.2, 0.25) is 5.91 Å². The predicted molar refractivity (Wildman–Crippen MR) is 112 cm³/mol. The first-order valence-electron chi connectivity index (χ1n) is 10.9. The number of likely N-dealkylation sites (tertiary alicyclic amines) is 2. The van der Waals surface area contributed by atoms with Gasteiger partial charge in [0, 0.05) is 38.8 Å². The Balaban J connectivity index is 0.000000360. The van der Waals surface area contributed by atoms with Crippen molar-refractivity contribution in [3.05, 3.63) is 35.4 Å². The zero-order valence-electron chi connectivity index (χ0n) is 18.6. The molecule has 6 nitrogen and oxygen atoms in total. The number of carbonyl (C=O) groups is 2. The van der Waals surface area contributed by atoms with E-state index in [-0.39, 0.29) is 11.0 Å². The van der Waals surface area contributed by atoms with Gasteiger partial charge >= 0.3 is 12.1 Å². The van der Waals surface area contributed by atoms with E-state index in [0.29, 0.717) is 5.91 Å². The SMILES string of the molecule is COCCN1CCC12CCCN(C(=O)C1(c3ccc(C)cc3)CC1)C2.O=C(O)C(F)(F)F. The van der Waals surface area contributed by atoms with Crippen molar-refractivity contribution in [1.82, 2.24) is 9.80 Å². The quantitative estimate of drug-likeness (QED) is 0.736. The molecular weight excluding hydrogens is 425 g/mol. The van der Waals surface area contributed by atoms with E-state index in [4.69, 9.17) is 14.6 Å². The number of piperidine rings is 1. The summed E-state index contributed by atoms with van der Waals surface area (Å²) < 4.78 is 37.0. The number of carbonyl (C=O) groups excluding carboxylic acids is 1. The maximum absolute atomic E-state index is 13.4. The highest BCUT2D eigenvalue weighted by atomic mass is 19.4. The van der Waals surface area contributed by atoms with Gasteiger partial charge in [-0.15, -0.1) is 0 Å². The summed E-state index contributed by atoms with van der Waals surface area (Å²) in [7, 11) is 1.77. The number of rotatable bonds is 5. The number of hydrogen-bond donors (Lipinski definition) is 1. The first kappa shape index (κ1) is 24.5. The lowest BCUT2D eigenvalue weighted by atomic mass is 9.77. The number of halogens is 3. The molecule has 3 fully saturated rings. The van der Waals surface area contributed by atoms with Crippen molar-refractivity contribution in [3.63, 3.8) is 0 Å². The number of aliphatic carboxylic acids is 1. The van der Waals surface area contributed by atoms with Gasteiger partial charge in [0.1, 0.15) is 0 Å². The molecule has 1 aliphatic carbocycles. The molecule has 9 heteroatoms. The lowest BCUT2D eigenvalue weighted by Gasteiger charge is -2.57. The number of hydrogen-bond acceptors (Lipinski definition) is 4. The summed E-state index contributed by atoms with van der Waals surface area (Å²) in [6.45, 7) is 6.85. The van der Waals surface area contributed by atoms with Crippen LogP contribution in [0.15, 0.2) is 24.3 Å². The van der Waals surface area contributed by atoms with E-state index >= 15 is 0 Å². The second kappa shape index (κ2) is 9.39. The molecule has 1 amide bonds. The fourth-order valence-electron chi connectivity index (χ4n) is 4.81. The van der Waals surface area contributed by atoms with Gasteiger partial charge in [0.25, 0.3) is 0 Å². The molecule has 1 saturated carbocycles. The zero-order valence-corrected chi connectivity index (χ0v) is 18.6. The first-order valence-corrected chi connectivity index (χ1v) is 10.9. The van der Waals surface area contributed by atoms with Crippen LogP contribution in [0.5, 0.6) is 0 Å². The fraction of sp³-hybridized carbons (Fsp3) is 0.652. The van der Waals surface area contributed by atoms with Gasteiger partial charge in [-0.25, -0.2) is 4.79 Å². The Morgan fingerprint density at radius 3 is 2.19 bits per heavy atom. The van der Waals surface area contributed by atoms with E-state index in [9.17, 15) is 18.0 Å². The Hall–Kier alpha value is -2.13. The Morgan fingerprint density at radius 1 is 1.09 bits per heavy atom. The number of methoxy groups -OCH3 is 1. The van der Waals surface area contributed by atoms with Crippen LogP contribution in [0.2, 0.25) is 0 Å². The third-order valence-electron chi connectivity index (χ3n) is 6.93. The van der Waals surface area contributed by atoms with Gasteiger partial charge in [-0.05, 0) is 44.6 Å². The molecule has 178 valence electrons. The summed E-state index contributed by atoms with van der Waals surface area (Å²) in [6, 6.07) is 8.60. The number of aryl methyl sites for hydroxylation is 1. The number of alkyl halides is 3. The highest BCUT2D eigenvalue weighted by molar-refractivity contribution is 5.91. The summed E-state index contributed by atoms with van der Waals surface area (Å²) in [5.74, 6) is -2.39.